The Bertz CT molecular complexity index is 3790. The molecule has 0 amide bonds. The minimum atomic E-state index is -2.84. The highest BCUT2D eigenvalue weighted by Gasteiger charge is 2.41. The summed E-state index contributed by atoms with van der Waals surface area (Å²) in [6, 6.07) is 55.7. The Kier molecular flexibility index (Phi) is 5.68. The molecule has 3 aromatic heterocycles. The number of rotatable bonds is 6. The molecule has 0 atom stereocenters. The van der Waals surface area contributed by atoms with E-state index in [0.29, 0.717) is 16.9 Å². The van der Waals surface area contributed by atoms with Crippen LogP contribution in [0.1, 0.15) is 11.0 Å². The van der Waals surface area contributed by atoms with Crippen molar-refractivity contribution in [3.05, 3.63) is 218 Å². The molecule has 0 unspecified atom stereocenters. The minimum absolute atomic E-state index is 0.0102. The van der Waals surface area contributed by atoms with Crippen LogP contribution in [0.25, 0.3) is 76.9 Å². The first-order chi connectivity index (χ1) is 32.1. The third-order valence-corrected chi connectivity index (χ3v) is 16.5. The monoisotopic (exact) mass is 764 g/mol. The largest absolute Gasteiger partial charge is 0.454 e. The number of furan rings is 1. The van der Waals surface area contributed by atoms with E-state index in [4.69, 9.17) is 12.6 Å². The van der Waals surface area contributed by atoms with Gasteiger partial charge in [-0.3, -0.25) is 0 Å². The van der Waals surface area contributed by atoms with Crippen molar-refractivity contribution in [3.8, 4) is 11.4 Å². The fraction of sp³-hybridized carbons (Fsp3) is 0. The van der Waals surface area contributed by atoms with Crippen LogP contribution in [0.15, 0.2) is 223 Å². The smallest absolute Gasteiger partial charge is 0.179 e. The van der Waals surface area contributed by atoms with Gasteiger partial charge in [0.1, 0.15) is 5.58 Å². The lowest BCUT2D eigenvalue weighted by Gasteiger charge is -2.34. The Labute approximate surface area is 347 Å². The molecule has 12 rings (SSSR count). The molecule has 9 aromatic carbocycles. The van der Waals surface area contributed by atoms with Crippen molar-refractivity contribution in [1.29, 1.82) is 0 Å². The maximum atomic E-state index is 9.29. The van der Waals surface area contributed by atoms with E-state index in [1.807, 2.05) is 42.5 Å². The number of benzene rings is 9. The van der Waals surface area contributed by atoms with Crippen molar-refractivity contribution < 1.29 is 15.4 Å². The molecule has 3 heterocycles. The van der Waals surface area contributed by atoms with E-state index in [0.717, 1.165) is 38.3 Å². The summed E-state index contributed by atoms with van der Waals surface area (Å²) in [6.45, 7) is 0. The van der Waals surface area contributed by atoms with E-state index in [1.54, 1.807) is 4.57 Å². The molecule has 0 aliphatic rings. The lowest BCUT2D eigenvalue weighted by molar-refractivity contribution is 0.666. The van der Waals surface area contributed by atoms with E-state index in [-0.39, 0.29) is 46.0 Å². The molecule has 0 bridgehead atoms. The highest BCUT2D eigenvalue weighted by atomic mass is 28.3. The molecule has 0 radical (unpaired) electrons. The molecule has 0 N–H and O–H groups in total. The van der Waals surface area contributed by atoms with Crippen LogP contribution in [0, 0.1) is 0 Å². The lowest BCUT2D eigenvalue weighted by Crippen LogP contribution is -2.74. The molecular formula is C54H36N2OSi. The summed E-state index contributed by atoms with van der Waals surface area (Å²) in [5.41, 5.74) is 4.13. The van der Waals surface area contributed by atoms with E-state index < -0.39 is 32.2 Å². The van der Waals surface area contributed by atoms with Gasteiger partial charge >= 0.3 is 0 Å². The van der Waals surface area contributed by atoms with E-state index in [2.05, 4.69) is 132 Å². The molecule has 0 spiro atoms. The highest BCUT2D eigenvalue weighted by molar-refractivity contribution is 7.19. The van der Waals surface area contributed by atoms with Gasteiger partial charge in [-0.25, -0.2) is 0 Å². The van der Waals surface area contributed by atoms with Crippen LogP contribution < -0.4 is 20.7 Å². The number of para-hydroxylation sites is 4. The summed E-state index contributed by atoms with van der Waals surface area (Å²) in [4.78, 5) is 0. The zero-order valence-corrected chi connectivity index (χ0v) is 32.0. The van der Waals surface area contributed by atoms with Crippen LogP contribution in [-0.4, -0.2) is 17.2 Å². The predicted molar refractivity (Wildman–Crippen MR) is 246 cm³/mol. The fourth-order valence-corrected chi connectivity index (χ4v) is 14.1. The minimum Gasteiger partial charge on any atom is -0.454 e. The average molecular weight is 765 g/mol. The van der Waals surface area contributed by atoms with Gasteiger partial charge in [-0.05, 0) is 63.2 Å². The predicted octanol–water partition coefficient (Wildman–Crippen LogP) is 11.2. The van der Waals surface area contributed by atoms with Crippen LogP contribution >= 0.6 is 0 Å². The second-order valence-electron chi connectivity index (χ2n) is 14.6. The number of hydrogen-bond acceptors (Lipinski definition) is 1. The van der Waals surface area contributed by atoms with Gasteiger partial charge < -0.3 is 13.6 Å². The summed E-state index contributed by atoms with van der Waals surface area (Å²) in [7, 11) is -2.84. The van der Waals surface area contributed by atoms with E-state index in [1.165, 1.54) is 20.7 Å². The summed E-state index contributed by atoms with van der Waals surface area (Å²) in [6.07, 6.45) is 0. The average Bonchev–Trinajstić information content (AvgIpc) is 4.04. The Morgan fingerprint density at radius 3 is 1.52 bits per heavy atom. The maximum absolute atomic E-state index is 9.29. The van der Waals surface area contributed by atoms with Gasteiger partial charge in [-0.1, -0.05) is 176 Å². The second kappa shape index (κ2) is 12.8. The van der Waals surface area contributed by atoms with E-state index in [9.17, 15) is 2.74 Å². The number of fused-ring (bicyclic) bond motifs is 10. The van der Waals surface area contributed by atoms with Gasteiger partial charge in [0.2, 0.25) is 0 Å². The molecule has 12 aromatic rings. The summed E-state index contributed by atoms with van der Waals surface area (Å²) in [5.74, 6) is 0. The Hall–Kier alpha value is -7.40. The van der Waals surface area contributed by atoms with Crippen LogP contribution in [0.3, 0.4) is 0 Å². The fourth-order valence-electron chi connectivity index (χ4n) is 9.34. The molecule has 272 valence electrons. The van der Waals surface area contributed by atoms with Crippen LogP contribution in [-0.2, 0) is 0 Å². The summed E-state index contributed by atoms with van der Waals surface area (Å²) in [5, 5.41) is 8.34. The first-order valence-electron chi connectivity index (χ1n) is 23.3. The van der Waals surface area contributed by atoms with Crippen molar-refractivity contribution in [2.75, 3.05) is 0 Å². The number of aromatic nitrogens is 2. The molecule has 4 heteroatoms. The Morgan fingerprint density at radius 2 is 0.914 bits per heavy atom. The van der Waals surface area contributed by atoms with Gasteiger partial charge in [0.05, 0.1) is 44.1 Å². The zero-order chi connectivity index (χ0) is 45.2. The van der Waals surface area contributed by atoms with Gasteiger partial charge in [0.25, 0.3) is 0 Å². The molecule has 0 aliphatic heterocycles. The zero-order valence-electron chi connectivity index (χ0n) is 39.0. The van der Waals surface area contributed by atoms with Gasteiger partial charge in [-0.15, -0.1) is 0 Å². The molecule has 0 aliphatic carbocycles. The quantitative estimate of drug-likeness (QED) is 0.122. The summed E-state index contributed by atoms with van der Waals surface area (Å²) >= 11 is 0. The van der Waals surface area contributed by atoms with Gasteiger partial charge in [0.15, 0.2) is 13.7 Å². The Balaban J connectivity index is 1.20. The highest BCUT2D eigenvalue weighted by Crippen LogP contribution is 2.45. The number of nitrogens with zero attached hydrogens (tertiary/aromatic N) is 2. The standard InChI is InChI=1S/C54H36N2OSi/c1-4-18-38(19-5-1)58(39-20-6-2-7-21-39,40-22-8-3-9-23-40)41-34-32-37(33-35-41)55-47-28-14-12-26-44(47)46-36-50(54-52(53(46)55)45-27-13-17-31-51(45)57-54)56-48-29-15-10-24-42(48)43-25-11-16-30-49(43)56/h1-36H/i10D,11D,15D,16D,24D,25D,29D,30D. The Morgan fingerprint density at radius 1 is 0.414 bits per heavy atom. The van der Waals surface area contributed by atoms with Crippen LogP contribution in [0.2, 0.25) is 0 Å². The normalized spacial score (nSPS) is 14.1. The van der Waals surface area contributed by atoms with Gasteiger partial charge in [-0.2, -0.15) is 0 Å². The SMILES string of the molecule is [2H]c1c([2H])c([2H])c2c(c1[2H])c1c([2H])c([2H])c([2H])c([2H])c1n2-c1cc2c3ccccc3n(-c3ccc([Si](c4ccccc4)(c4ccccc4)c4ccccc4)cc3)c2c2c1oc1ccccc12. The van der Waals surface area contributed by atoms with Crippen LogP contribution in [0.5, 0.6) is 0 Å². The van der Waals surface area contributed by atoms with Crippen molar-refractivity contribution in [2.45, 2.75) is 0 Å². The van der Waals surface area contributed by atoms with E-state index >= 15 is 0 Å². The molecule has 58 heavy (non-hydrogen) atoms. The molecular weight excluding hydrogens is 721 g/mol. The third kappa shape index (κ3) is 4.61. The first kappa shape index (κ1) is 25.7. The lowest BCUT2D eigenvalue weighted by atomic mass is 10.1. The topological polar surface area (TPSA) is 23.0 Å². The second-order valence-corrected chi connectivity index (χ2v) is 18.4. The summed E-state index contributed by atoms with van der Waals surface area (Å²) < 4.78 is 82.2. The first-order valence-corrected chi connectivity index (χ1v) is 21.3. The molecule has 3 nitrogen and oxygen atoms in total. The van der Waals surface area contributed by atoms with Crippen LogP contribution in [0.4, 0.5) is 0 Å². The van der Waals surface area contributed by atoms with Crippen molar-refractivity contribution in [2.24, 2.45) is 0 Å². The van der Waals surface area contributed by atoms with Crippen molar-refractivity contribution in [1.82, 2.24) is 9.13 Å². The van der Waals surface area contributed by atoms with Gasteiger partial charge in [0, 0.05) is 32.6 Å². The maximum Gasteiger partial charge on any atom is 0.179 e. The molecule has 0 saturated carbocycles. The van der Waals surface area contributed by atoms with Crippen molar-refractivity contribution >= 4 is 94.4 Å². The molecule has 0 saturated heterocycles. The third-order valence-electron chi connectivity index (χ3n) is 11.7. The number of hydrogen-bond donors (Lipinski definition) is 0. The molecule has 0 fully saturated rings. The van der Waals surface area contributed by atoms with Crippen molar-refractivity contribution in [3.63, 3.8) is 0 Å².